The summed E-state index contributed by atoms with van der Waals surface area (Å²) in [4.78, 5) is 12.1. The number of hydrogen-bond donors (Lipinski definition) is 2. The highest BCUT2D eigenvalue weighted by Gasteiger charge is 2.28. The molecule has 4 nitrogen and oxygen atoms in total. The third kappa shape index (κ3) is 4.34. The van der Waals surface area contributed by atoms with Crippen LogP contribution in [0, 0.1) is 11.8 Å². The van der Waals surface area contributed by atoms with Crippen LogP contribution < -0.4 is 11.1 Å². The maximum absolute atomic E-state index is 12.1. The molecule has 30 heavy (non-hydrogen) atoms. The highest BCUT2D eigenvalue weighted by Crippen LogP contribution is 2.44. The largest absolute Gasteiger partial charge is 0.449 e. The monoisotopic (exact) mass is 460 g/mol. The van der Waals surface area contributed by atoms with Crippen LogP contribution in [0.4, 0.5) is 10.5 Å². The summed E-state index contributed by atoms with van der Waals surface area (Å²) in [6.45, 7) is 0.723. The first-order valence-corrected chi connectivity index (χ1v) is 10.6. The van der Waals surface area contributed by atoms with Crippen LogP contribution in [0.25, 0.3) is 11.1 Å². The van der Waals surface area contributed by atoms with Crippen LogP contribution in [0.5, 0.6) is 0 Å². The molecule has 1 aliphatic carbocycles. The molecule has 0 saturated heterocycles. The maximum atomic E-state index is 12.1. The number of nitrogens with one attached hydrogen (secondary N) is 1. The number of anilines is 1. The molecule has 3 aromatic rings. The number of carbonyl (C=O) groups is 1. The molecule has 0 radical (unpaired) electrons. The lowest BCUT2D eigenvalue weighted by molar-refractivity contribution is 0.143. The molecular weight excluding hydrogens is 440 g/mol. The molecule has 0 fully saturated rings. The van der Waals surface area contributed by atoms with Crippen LogP contribution in [-0.4, -0.2) is 19.2 Å². The number of amides is 1. The fourth-order valence-electron chi connectivity index (χ4n) is 3.68. The van der Waals surface area contributed by atoms with Crippen molar-refractivity contribution in [3.8, 4) is 23.0 Å². The first-order chi connectivity index (χ1) is 14.6. The molecular formula is C25H21BrN2O2. The number of halogens is 1. The molecule has 3 N–H and O–H groups in total. The van der Waals surface area contributed by atoms with Gasteiger partial charge in [-0.2, -0.15) is 0 Å². The summed E-state index contributed by atoms with van der Waals surface area (Å²) in [7, 11) is 0. The van der Waals surface area contributed by atoms with Crippen LogP contribution in [0.2, 0.25) is 0 Å². The van der Waals surface area contributed by atoms with E-state index >= 15 is 0 Å². The van der Waals surface area contributed by atoms with Gasteiger partial charge >= 0.3 is 6.09 Å². The number of nitrogens with two attached hydrogens (primary N) is 1. The van der Waals surface area contributed by atoms with Gasteiger partial charge in [0.2, 0.25) is 0 Å². The molecule has 0 aromatic heterocycles. The van der Waals surface area contributed by atoms with E-state index in [4.69, 9.17) is 10.5 Å². The molecule has 5 heteroatoms. The Labute approximate surface area is 184 Å². The zero-order valence-corrected chi connectivity index (χ0v) is 17.9. The summed E-state index contributed by atoms with van der Waals surface area (Å²) < 4.78 is 6.43. The third-order valence-electron chi connectivity index (χ3n) is 5.10. The van der Waals surface area contributed by atoms with Crippen LogP contribution in [-0.2, 0) is 4.74 Å². The summed E-state index contributed by atoms with van der Waals surface area (Å²) in [6, 6.07) is 22.1. The van der Waals surface area contributed by atoms with Gasteiger partial charge in [0.15, 0.2) is 0 Å². The van der Waals surface area contributed by atoms with E-state index in [2.05, 4.69) is 57.4 Å². The van der Waals surface area contributed by atoms with Crippen LogP contribution in [0.3, 0.4) is 0 Å². The van der Waals surface area contributed by atoms with Crippen LogP contribution in [0.15, 0.2) is 71.2 Å². The smallest absolute Gasteiger partial charge is 0.407 e. The zero-order chi connectivity index (χ0) is 20.9. The van der Waals surface area contributed by atoms with E-state index in [0.29, 0.717) is 25.3 Å². The second-order valence-corrected chi connectivity index (χ2v) is 7.95. The Morgan fingerprint density at radius 3 is 2.37 bits per heavy atom. The normalized spacial score (nSPS) is 11.8. The van der Waals surface area contributed by atoms with Gasteiger partial charge in [0.05, 0.1) is 0 Å². The molecule has 0 bridgehead atoms. The Morgan fingerprint density at radius 1 is 1.03 bits per heavy atom. The van der Waals surface area contributed by atoms with Gasteiger partial charge in [-0.1, -0.05) is 76.3 Å². The molecule has 0 heterocycles. The van der Waals surface area contributed by atoms with Crippen molar-refractivity contribution in [2.75, 3.05) is 18.9 Å². The Balaban J connectivity index is 1.29. The average molecular weight is 461 g/mol. The van der Waals surface area contributed by atoms with Crippen molar-refractivity contribution in [1.82, 2.24) is 5.32 Å². The van der Waals surface area contributed by atoms with Crippen molar-refractivity contribution >= 4 is 27.7 Å². The van der Waals surface area contributed by atoms with Gasteiger partial charge in [0, 0.05) is 34.6 Å². The van der Waals surface area contributed by atoms with E-state index in [1.165, 1.54) is 22.3 Å². The lowest BCUT2D eigenvalue weighted by atomic mass is 9.98. The summed E-state index contributed by atoms with van der Waals surface area (Å²) in [5, 5.41) is 2.76. The topological polar surface area (TPSA) is 64.3 Å². The van der Waals surface area contributed by atoms with Crippen molar-refractivity contribution in [2.24, 2.45) is 0 Å². The number of alkyl carbamates (subject to hydrolysis) is 1. The summed E-state index contributed by atoms with van der Waals surface area (Å²) in [6.07, 6.45) is 0.0847. The Hall–Kier alpha value is -3.23. The Bertz CT molecular complexity index is 1100. The SMILES string of the molecule is Nc1cc(Br)ccc1C#CCCNC(=O)OCC1c2ccccc2-c2ccccc21. The predicted octanol–water partition coefficient (Wildman–Crippen LogP) is 5.31. The summed E-state index contributed by atoms with van der Waals surface area (Å²) >= 11 is 3.37. The number of fused-ring (bicyclic) bond motifs is 3. The van der Waals surface area contributed by atoms with Gasteiger partial charge < -0.3 is 15.8 Å². The van der Waals surface area contributed by atoms with E-state index in [9.17, 15) is 4.79 Å². The highest BCUT2D eigenvalue weighted by molar-refractivity contribution is 9.10. The molecule has 150 valence electrons. The van der Waals surface area contributed by atoms with E-state index in [0.717, 1.165) is 10.0 Å². The van der Waals surface area contributed by atoms with Crippen molar-refractivity contribution in [2.45, 2.75) is 12.3 Å². The maximum Gasteiger partial charge on any atom is 0.407 e. The highest BCUT2D eigenvalue weighted by atomic mass is 79.9. The molecule has 0 aliphatic heterocycles. The Kier molecular flexibility index (Phi) is 6.06. The number of carbonyl (C=O) groups excluding carboxylic acids is 1. The number of ether oxygens (including phenoxy) is 1. The first kappa shape index (κ1) is 20.1. The van der Waals surface area contributed by atoms with E-state index < -0.39 is 6.09 Å². The lowest BCUT2D eigenvalue weighted by Gasteiger charge is -2.14. The number of rotatable bonds is 4. The molecule has 0 saturated carbocycles. The van der Waals surface area contributed by atoms with E-state index in [-0.39, 0.29) is 5.92 Å². The van der Waals surface area contributed by atoms with Crippen molar-refractivity contribution in [3.63, 3.8) is 0 Å². The van der Waals surface area contributed by atoms with Gasteiger partial charge in [0.1, 0.15) is 6.61 Å². The quantitative estimate of drug-likeness (QED) is 0.314. The molecule has 4 rings (SSSR count). The third-order valence-corrected chi connectivity index (χ3v) is 5.59. The molecule has 0 spiro atoms. The van der Waals surface area contributed by atoms with E-state index in [1.54, 1.807) is 0 Å². The van der Waals surface area contributed by atoms with Crippen molar-refractivity contribution in [3.05, 3.63) is 87.9 Å². The van der Waals surface area contributed by atoms with Crippen molar-refractivity contribution < 1.29 is 9.53 Å². The number of benzene rings is 3. The average Bonchev–Trinajstić information content (AvgIpc) is 3.07. The number of hydrogen-bond acceptors (Lipinski definition) is 3. The fourth-order valence-corrected chi connectivity index (χ4v) is 4.06. The van der Waals surface area contributed by atoms with E-state index in [1.807, 2.05) is 42.5 Å². The molecule has 1 amide bonds. The summed E-state index contributed by atoms with van der Waals surface area (Å²) in [5.74, 6) is 6.11. The van der Waals surface area contributed by atoms with Gasteiger partial charge in [-0.25, -0.2) is 4.79 Å². The van der Waals surface area contributed by atoms with Gasteiger partial charge in [-0.3, -0.25) is 0 Å². The minimum Gasteiger partial charge on any atom is -0.449 e. The van der Waals surface area contributed by atoms with Gasteiger partial charge in [0.25, 0.3) is 0 Å². The molecule has 0 unspecified atom stereocenters. The molecule has 1 aliphatic rings. The van der Waals surface area contributed by atoms with Crippen molar-refractivity contribution in [1.29, 1.82) is 0 Å². The fraction of sp³-hybridized carbons (Fsp3) is 0.160. The Morgan fingerprint density at radius 2 is 1.70 bits per heavy atom. The number of nitrogen functional groups attached to an aromatic ring is 1. The molecule has 0 atom stereocenters. The second kappa shape index (κ2) is 9.06. The zero-order valence-electron chi connectivity index (χ0n) is 16.3. The standard InChI is InChI=1S/C25H21BrN2O2/c26-18-13-12-17(24(27)15-18)7-5-6-14-28-25(29)30-16-23-21-10-3-1-8-19(21)20-9-2-4-11-22(20)23/h1-4,8-13,15,23H,6,14,16,27H2,(H,28,29). The van der Waals surface area contributed by atoms with Crippen LogP contribution in [0.1, 0.15) is 29.0 Å². The summed E-state index contributed by atoms with van der Waals surface area (Å²) in [5.41, 5.74) is 12.2. The predicted molar refractivity (Wildman–Crippen MR) is 123 cm³/mol. The van der Waals surface area contributed by atoms with Crippen LogP contribution >= 0.6 is 15.9 Å². The lowest BCUT2D eigenvalue weighted by Crippen LogP contribution is -2.26. The van der Waals surface area contributed by atoms with Gasteiger partial charge in [-0.05, 0) is 40.5 Å². The molecule has 3 aromatic carbocycles. The first-order valence-electron chi connectivity index (χ1n) is 9.76. The minimum atomic E-state index is -0.429. The second-order valence-electron chi connectivity index (χ2n) is 7.04. The minimum absolute atomic E-state index is 0.0586. The van der Waals surface area contributed by atoms with Gasteiger partial charge in [-0.15, -0.1) is 0 Å².